The Bertz CT molecular complexity index is 801. The highest BCUT2D eigenvalue weighted by Crippen LogP contribution is 2.41. The topological polar surface area (TPSA) is 58.4 Å². The maximum absolute atomic E-state index is 13.3. The molecule has 1 amide bonds. The number of halogens is 3. The molecule has 0 spiro atoms. The Balaban J connectivity index is 2.01. The second-order valence-electron chi connectivity index (χ2n) is 6.25. The highest BCUT2D eigenvalue weighted by molar-refractivity contribution is 5.95. The highest BCUT2D eigenvalue weighted by atomic mass is 19.4. The molecule has 1 aromatic carbocycles. The fourth-order valence-corrected chi connectivity index (χ4v) is 3.34. The van der Waals surface area contributed by atoms with Gasteiger partial charge in [0.15, 0.2) is 0 Å². The second-order valence-corrected chi connectivity index (χ2v) is 6.25. The van der Waals surface area contributed by atoms with Gasteiger partial charge in [0.1, 0.15) is 0 Å². The van der Waals surface area contributed by atoms with E-state index in [0.717, 1.165) is 6.07 Å². The quantitative estimate of drug-likeness (QED) is 0.903. The van der Waals surface area contributed by atoms with Crippen LogP contribution < -0.4 is 0 Å². The van der Waals surface area contributed by atoms with Crippen LogP contribution in [-0.4, -0.2) is 38.3 Å². The Labute approximate surface area is 142 Å². The maximum atomic E-state index is 13.3. The van der Waals surface area contributed by atoms with Crippen molar-refractivity contribution in [2.75, 3.05) is 6.54 Å². The molecule has 2 aromatic rings. The third kappa shape index (κ3) is 3.26. The molecule has 2 heterocycles. The van der Waals surface area contributed by atoms with Crippen molar-refractivity contribution in [1.82, 2.24) is 14.7 Å². The van der Waals surface area contributed by atoms with Crippen LogP contribution >= 0.6 is 0 Å². The number of aryl methyl sites for hydroxylation is 2. The van der Waals surface area contributed by atoms with Crippen molar-refractivity contribution >= 4 is 5.91 Å². The van der Waals surface area contributed by atoms with Gasteiger partial charge < -0.3 is 10.0 Å². The molecule has 1 saturated heterocycles. The molecule has 2 atom stereocenters. The molecule has 1 aliphatic heterocycles. The second kappa shape index (κ2) is 6.18. The number of rotatable bonds is 2. The molecule has 1 aromatic heterocycles. The van der Waals surface area contributed by atoms with Gasteiger partial charge in [-0.1, -0.05) is 18.2 Å². The van der Waals surface area contributed by atoms with Gasteiger partial charge >= 0.3 is 6.18 Å². The van der Waals surface area contributed by atoms with Gasteiger partial charge in [0, 0.05) is 19.8 Å². The Hall–Kier alpha value is -2.35. The standard InChI is InChI=1S/C17H18F3N3O2/c1-10-13(9-22(2)21-10)16(25)23-8-11(24)7-15(23)12-5-3-4-6-14(12)17(18,19)20/h3-6,9,11,15,24H,7-8H2,1-2H3/t11-,15-/m1/s1. The number of carbonyl (C=O) groups is 1. The number of aliphatic hydroxyl groups is 1. The zero-order valence-electron chi connectivity index (χ0n) is 13.8. The number of hydrogen-bond acceptors (Lipinski definition) is 3. The lowest BCUT2D eigenvalue weighted by Gasteiger charge is -2.27. The van der Waals surface area contributed by atoms with Gasteiger partial charge in [0.2, 0.25) is 0 Å². The summed E-state index contributed by atoms with van der Waals surface area (Å²) in [6.07, 6.45) is -3.79. The lowest BCUT2D eigenvalue weighted by atomic mass is 9.97. The van der Waals surface area contributed by atoms with Crippen LogP contribution in [0.4, 0.5) is 13.2 Å². The predicted octanol–water partition coefficient (Wildman–Crippen LogP) is 2.70. The van der Waals surface area contributed by atoms with E-state index in [1.165, 1.54) is 34.0 Å². The SMILES string of the molecule is Cc1nn(C)cc1C(=O)N1C[C@H](O)C[C@@H]1c1ccccc1C(F)(F)F. The monoisotopic (exact) mass is 353 g/mol. The maximum Gasteiger partial charge on any atom is 0.416 e. The van der Waals surface area contributed by atoms with Gasteiger partial charge in [0.25, 0.3) is 5.91 Å². The van der Waals surface area contributed by atoms with E-state index in [2.05, 4.69) is 5.10 Å². The van der Waals surface area contributed by atoms with Crippen molar-refractivity contribution in [3.63, 3.8) is 0 Å². The number of hydrogen-bond donors (Lipinski definition) is 1. The third-order valence-electron chi connectivity index (χ3n) is 4.41. The number of nitrogens with zero attached hydrogens (tertiary/aromatic N) is 3. The first kappa shape index (κ1) is 17.5. The molecule has 0 unspecified atom stereocenters. The first-order valence-corrected chi connectivity index (χ1v) is 7.84. The van der Waals surface area contributed by atoms with E-state index >= 15 is 0 Å². The molecule has 3 rings (SSSR count). The fraction of sp³-hybridized carbons (Fsp3) is 0.412. The molecule has 134 valence electrons. The predicted molar refractivity (Wildman–Crippen MR) is 83.8 cm³/mol. The van der Waals surface area contributed by atoms with Crippen LogP contribution in [0.25, 0.3) is 0 Å². The van der Waals surface area contributed by atoms with Crippen molar-refractivity contribution in [1.29, 1.82) is 0 Å². The Kier molecular flexibility index (Phi) is 4.32. The van der Waals surface area contributed by atoms with Crippen LogP contribution in [0.3, 0.4) is 0 Å². The summed E-state index contributed by atoms with van der Waals surface area (Å²) < 4.78 is 41.5. The molecule has 0 saturated carbocycles. The minimum absolute atomic E-state index is 0.00134. The molecule has 1 fully saturated rings. The zero-order chi connectivity index (χ0) is 18.4. The van der Waals surface area contributed by atoms with Crippen LogP contribution in [0, 0.1) is 6.92 Å². The van der Waals surface area contributed by atoms with Crippen LogP contribution in [-0.2, 0) is 13.2 Å². The van der Waals surface area contributed by atoms with Crippen molar-refractivity contribution in [2.24, 2.45) is 7.05 Å². The number of benzene rings is 1. The molecule has 0 aliphatic carbocycles. The number of aromatic nitrogens is 2. The number of alkyl halides is 3. The normalized spacial score (nSPS) is 21.0. The van der Waals surface area contributed by atoms with E-state index in [0.29, 0.717) is 11.3 Å². The number of likely N-dealkylation sites (tertiary alicyclic amines) is 1. The van der Waals surface area contributed by atoms with Gasteiger partial charge in [-0.2, -0.15) is 18.3 Å². The highest BCUT2D eigenvalue weighted by Gasteiger charge is 2.42. The van der Waals surface area contributed by atoms with Gasteiger partial charge in [-0.15, -0.1) is 0 Å². The summed E-state index contributed by atoms with van der Waals surface area (Å²) in [6.45, 7) is 1.66. The van der Waals surface area contributed by atoms with Crippen molar-refractivity contribution in [2.45, 2.75) is 31.7 Å². The van der Waals surface area contributed by atoms with E-state index in [-0.39, 0.29) is 18.5 Å². The van der Waals surface area contributed by atoms with Crippen LogP contribution in [0.5, 0.6) is 0 Å². The van der Waals surface area contributed by atoms with E-state index in [1.807, 2.05) is 0 Å². The molecular weight excluding hydrogens is 335 g/mol. The summed E-state index contributed by atoms with van der Waals surface area (Å²) in [7, 11) is 1.67. The van der Waals surface area contributed by atoms with Crippen LogP contribution in [0.15, 0.2) is 30.5 Å². The number of aliphatic hydroxyl groups excluding tert-OH is 1. The third-order valence-corrected chi connectivity index (χ3v) is 4.41. The molecule has 25 heavy (non-hydrogen) atoms. The average Bonchev–Trinajstić information content (AvgIpc) is 3.08. The smallest absolute Gasteiger partial charge is 0.391 e. The number of carbonyl (C=O) groups excluding carboxylic acids is 1. The fourth-order valence-electron chi connectivity index (χ4n) is 3.34. The minimum atomic E-state index is -4.52. The van der Waals surface area contributed by atoms with Crippen molar-refractivity contribution in [3.8, 4) is 0 Å². The molecular formula is C17H18F3N3O2. The first-order valence-electron chi connectivity index (χ1n) is 7.84. The summed E-state index contributed by atoms with van der Waals surface area (Å²) in [6, 6.07) is 4.35. The molecule has 8 heteroatoms. The van der Waals surface area contributed by atoms with Crippen LogP contribution in [0.2, 0.25) is 0 Å². The summed E-state index contributed by atoms with van der Waals surface area (Å²) in [4.78, 5) is 14.2. The molecule has 1 N–H and O–H groups in total. The Morgan fingerprint density at radius 1 is 1.32 bits per heavy atom. The van der Waals surface area contributed by atoms with E-state index in [4.69, 9.17) is 0 Å². The summed E-state index contributed by atoms with van der Waals surface area (Å²) in [5.74, 6) is -0.427. The summed E-state index contributed by atoms with van der Waals surface area (Å²) in [5, 5.41) is 14.1. The van der Waals surface area contributed by atoms with E-state index in [9.17, 15) is 23.1 Å². The molecule has 0 radical (unpaired) electrons. The molecule has 1 aliphatic rings. The number of β-amino-alcohol motifs (C(OH)–C–C–N with tert-alkyl or cyclic N) is 1. The largest absolute Gasteiger partial charge is 0.416 e. The van der Waals surface area contributed by atoms with Gasteiger partial charge in [-0.05, 0) is 25.0 Å². The zero-order valence-corrected chi connectivity index (χ0v) is 13.8. The number of amides is 1. The molecule has 0 bridgehead atoms. The first-order chi connectivity index (χ1) is 11.7. The van der Waals surface area contributed by atoms with Gasteiger partial charge in [0.05, 0.1) is 29.0 Å². The van der Waals surface area contributed by atoms with Gasteiger partial charge in [-0.25, -0.2) is 0 Å². The van der Waals surface area contributed by atoms with Crippen molar-refractivity contribution in [3.05, 3.63) is 52.8 Å². The average molecular weight is 353 g/mol. The van der Waals surface area contributed by atoms with E-state index < -0.39 is 29.8 Å². The van der Waals surface area contributed by atoms with E-state index in [1.54, 1.807) is 14.0 Å². The summed E-state index contributed by atoms with van der Waals surface area (Å²) in [5.41, 5.74) is 0.0408. The van der Waals surface area contributed by atoms with Crippen molar-refractivity contribution < 1.29 is 23.1 Å². The summed E-state index contributed by atoms with van der Waals surface area (Å²) >= 11 is 0. The van der Waals surface area contributed by atoms with Crippen LogP contribution in [0.1, 0.15) is 39.6 Å². The Morgan fingerprint density at radius 2 is 2.00 bits per heavy atom. The van der Waals surface area contributed by atoms with Gasteiger partial charge in [-0.3, -0.25) is 9.48 Å². The minimum Gasteiger partial charge on any atom is -0.391 e. The lowest BCUT2D eigenvalue weighted by Crippen LogP contribution is -2.32. The lowest BCUT2D eigenvalue weighted by molar-refractivity contribution is -0.138. The Morgan fingerprint density at radius 3 is 2.60 bits per heavy atom. The molecule has 5 nitrogen and oxygen atoms in total.